The molecular weight excluding hydrogens is 224 g/mol. The van der Waals surface area contributed by atoms with Crippen LogP contribution in [0.4, 0.5) is 0 Å². The largest absolute Gasteiger partial charge is 0.481 e. The van der Waals surface area contributed by atoms with E-state index in [0.29, 0.717) is 5.88 Å². The van der Waals surface area contributed by atoms with Crippen molar-refractivity contribution < 1.29 is 18.8 Å². The van der Waals surface area contributed by atoms with Crippen molar-refractivity contribution in [3.63, 3.8) is 0 Å². The summed E-state index contributed by atoms with van der Waals surface area (Å²) in [4.78, 5) is 15.4. The maximum Gasteiger partial charge on any atom is 0.360 e. The molecule has 0 saturated heterocycles. The molecule has 88 valence electrons. The van der Waals surface area contributed by atoms with E-state index in [1.54, 1.807) is 18.3 Å². The van der Waals surface area contributed by atoms with E-state index < -0.39 is 5.97 Å². The van der Waals surface area contributed by atoms with Gasteiger partial charge in [0, 0.05) is 23.9 Å². The Hall–Kier alpha value is -2.37. The Labute approximate surface area is 97.2 Å². The zero-order chi connectivity index (χ0) is 12.1. The molecule has 0 atom stereocenters. The average Bonchev–Trinajstić information content (AvgIpc) is 2.90. The van der Waals surface area contributed by atoms with E-state index >= 15 is 0 Å². The Morgan fingerprint density at radius 3 is 2.88 bits per heavy atom. The van der Waals surface area contributed by atoms with Gasteiger partial charge in [0.2, 0.25) is 5.88 Å². The van der Waals surface area contributed by atoms with Gasteiger partial charge in [-0.15, -0.1) is 0 Å². The summed E-state index contributed by atoms with van der Waals surface area (Å²) in [6.07, 6.45) is 2.89. The van der Waals surface area contributed by atoms with Crippen molar-refractivity contribution in [2.45, 2.75) is 6.61 Å². The zero-order valence-corrected chi connectivity index (χ0v) is 9.12. The molecule has 0 N–H and O–H groups in total. The number of hydrogen-bond acceptors (Lipinski definition) is 6. The van der Waals surface area contributed by atoms with Crippen molar-refractivity contribution in [1.29, 1.82) is 0 Å². The predicted octanol–water partition coefficient (Wildman–Crippen LogP) is 1.44. The average molecular weight is 234 g/mol. The molecule has 0 saturated carbocycles. The maximum atomic E-state index is 11.4. The van der Waals surface area contributed by atoms with Gasteiger partial charge >= 0.3 is 5.97 Å². The van der Waals surface area contributed by atoms with E-state index in [2.05, 4.69) is 14.7 Å². The highest BCUT2D eigenvalue weighted by Gasteiger charge is 2.10. The molecule has 0 amide bonds. The Morgan fingerprint density at radius 1 is 1.41 bits per heavy atom. The topological polar surface area (TPSA) is 74.5 Å². The number of aromatic nitrogens is 2. The number of nitrogens with zero attached hydrogens (tertiary/aromatic N) is 2. The molecule has 0 aliphatic heterocycles. The van der Waals surface area contributed by atoms with E-state index in [9.17, 15) is 4.79 Å². The highest BCUT2D eigenvalue weighted by atomic mass is 16.5. The smallest absolute Gasteiger partial charge is 0.360 e. The fourth-order valence-corrected chi connectivity index (χ4v) is 1.16. The molecule has 0 aliphatic rings. The van der Waals surface area contributed by atoms with Crippen molar-refractivity contribution in [1.82, 2.24) is 10.1 Å². The van der Waals surface area contributed by atoms with Crippen LogP contribution >= 0.6 is 0 Å². The van der Waals surface area contributed by atoms with Crippen molar-refractivity contribution in [2.24, 2.45) is 0 Å². The lowest BCUT2D eigenvalue weighted by Crippen LogP contribution is -2.05. The van der Waals surface area contributed by atoms with Gasteiger partial charge in [0.05, 0.1) is 7.11 Å². The van der Waals surface area contributed by atoms with Crippen LogP contribution in [-0.2, 0) is 11.3 Å². The van der Waals surface area contributed by atoms with Crippen LogP contribution in [0.25, 0.3) is 0 Å². The third-order valence-corrected chi connectivity index (χ3v) is 2.02. The van der Waals surface area contributed by atoms with Crippen LogP contribution in [0.15, 0.2) is 35.2 Å². The molecule has 6 heteroatoms. The third kappa shape index (κ3) is 2.81. The summed E-state index contributed by atoms with van der Waals surface area (Å²) in [6, 6.07) is 4.90. The first kappa shape index (κ1) is 11.1. The first-order valence-corrected chi connectivity index (χ1v) is 4.86. The number of esters is 1. The summed E-state index contributed by atoms with van der Waals surface area (Å²) in [6.45, 7) is 0.128. The molecule has 0 bridgehead atoms. The lowest BCUT2D eigenvalue weighted by molar-refractivity contribution is 0.0460. The predicted molar refractivity (Wildman–Crippen MR) is 56.4 cm³/mol. The first-order chi connectivity index (χ1) is 8.29. The highest BCUT2D eigenvalue weighted by Crippen LogP contribution is 2.08. The minimum atomic E-state index is -0.533. The van der Waals surface area contributed by atoms with Gasteiger partial charge in [-0.05, 0) is 6.07 Å². The second kappa shape index (κ2) is 5.11. The van der Waals surface area contributed by atoms with Crippen LogP contribution in [0.3, 0.4) is 0 Å². The zero-order valence-electron chi connectivity index (χ0n) is 9.12. The number of carbonyl (C=O) groups excluding carboxylic acids is 1. The summed E-state index contributed by atoms with van der Waals surface area (Å²) in [5.74, 6) is -0.0221. The molecule has 0 aliphatic carbocycles. The lowest BCUT2D eigenvalue weighted by Gasteiger charge is -2.03. The first-order valence-electron chi connectivity index (χ1n) is 4.86. The monoisotopic (exact) mass is 234 g/mol. The molecule has 0 radical (unpaired) electrons. The summed E-state index contributed by atoms with van der Waals surface area (Å²) < 4.78 is 14.5. The molecular formula is C11H10N2O4. The molecule has 6 nitrogen and oxygen atoms in total. The van der Waals surface area contributed by atoms with E-state index in [1.807, 2.05) is 0 Å². The molecule has 2 rings (SSSR count). The molecule has 17 heavy (non-hydrogen) atoms. The number of rotatable bonds is 4. The Morgan fingerprint density at radius 2 is 2.29 bits per heavy atom. The fraction of sp³-hybridized carbons (Fsp3) is 0.182. The molecule has 2 aromatic heterocycles. The van der Waals surface area contributed by atoms with Gasteiger partial charge in [0.1, 0.15) is 12.9 Å². The molecule has 0 spiro atoms. The fourth-order valence-electron chi connectivity index (χ4n) is 1.16. The standard InChI is InChI=1S/C11H10N2O4/c1-15-10-3-2-8(6-12-10)7-16-11(14)9-4-5-17-13-9/h2-6H,7H2,1H3. The van der Waals surface area contributed by atoms with Crippen LogP contribution in [0.1, 0.15) is 16.1 Å². The number of pyridine rings is 1. The van der Waals surface area contributed by atoms with Crippen LogP contribution in [0.2, 0.25) is 0 Å². The number of methoxy groups -OCH3 is 1. The van der Waals surface area contributed by atoms with Crippen LogP contribution in [0, 0.1) is 0 Å². The Balaban J connectivity index is 1.91. The Bertz CT molecular complexity index is 479. The lowest BCUT2D eigenvalue weighted by atomic mass is 10.3. The number of hydrogen-bond donors (Lipinski definition) is 0. The van der Waals surface area contributed by atoms with Crippen molar-refractivity contribution in [3.05, 3.63) is 41.9 Å². The summed E-state index contributed by atoms with van der Waals surface area (Å²) in [5, 5.41) is 3.47. The van der Waals surface area contributed by atoms with Gasteiger partial charge in [-0.1, -0.05) is 5.16 Å². The number of ether oxygens (including phenoxy) is 2. The maximum absolute atomic E-state index is 11.4. The highest BCUT2D eigenvalue weighted by molar-refractivity contribution is 5.86. The van der Waals surface area contributed by atoms with E-state index in [1.165, 1.54) is 19.4 Å². The van der Waals surface area contributed by atoms with Crippen LogP contribution < -0.4 is 4.74 Å². The molecule has 0 fully saturated rings. The summed E-state index contributed by atoms with van der Waals surface area (Å²) in [7, 11) is 1.53. The van der Waals surface area contributed by atoms with Crippen LogP contribution in [-0.4, -0.2) is 23.2 Å². The third-order valence-electron chi connectivity index (χ3n) is 2.02. The summed E-state index contributed by atoms with van der Waals surface area (Å²) >= 11 is 0. The van der Waals surface area contributed by atoms with Gasteiger partial charge in [0.25, 0.3) is 0 Å². The quantitative estimate of drug-likeness (QED) is 0.745. The van der Waals surface area contributed by atoms with E-state index in [0.717, 1.165) is 5.56 Å². The Kier molecular flexibility index (Phi) is 3.34. The van der Waals surface area contributed by atoms with Crippen molar-refractivity contribution in [3.8, 4) is 5.88 Å². The SMILES string of the molecule is COc1ccc(COC(=O)c2ccon2)cn1. The van der Waals surface area contributed by atoms with Gasteiger partial charge in [-0.2, -0.15) is 0 Å². The van der Waals surface area contributed by atoms with Crippen molar-refractivity contribution >= 4 is 5.97 Å². The number of carbonyl (C=O) groups is 1. The molecule has 0 unspecified atom stereocenters. The minimum Gasteiger partial charge on any atom is -0.481 e. The van der Waals surface area contributed by atoms with Crippen molar-refractivity contribution in [2.75, 3.05) is 7.11 Å². The molecule has 0 aromatic carbocycles. The molecule has 2 aromatic rings. The van der Waals surface area contributed by atoms with Gasteiger partial charge in [-0.25, -0.2) is 9.78 Å². The van der Waals surface area contributed by atoms with Gasteiger partial charge < -0.3 is 14.0 Å². The molecule has 2 heterocycles. The second-order valence-corrected chi connectivity index (χ2v) is 3.17. The normalized spacial score (nSPS) is 9.94. The minimum absolute atomic E-state index is 0.128. The second-order valence-electron chi connectivity index (χ2n) is 3.17. The van der Waals surface area contributed by atoms with E-state index in [-0.39, 0.29) is 12.3 Å². The van der Waals surface area contributed by atoms with Gasteiger partial charge in [-0.3, -0.25) is 0 Å². The summed E-state index contributed by atoms with van der Waals surface area (Å²) in [5.41, 5.74) is 0.911. The van der Waals surface area contributed by atoms with E-state index in [4.69, 9.17) is 9.47 Å². The van der Waals surface area contributed by atoms with Gasteiger partial charge in [0.15, 0.2) is 5.69 Å². The van der Waals surface area contributed by atoms with Crippen LogP contribution in [0.5, 0.6) is 5.88 Å².